The van der Waals surface area contributed by atoms with Crippen LogP contribution in [-0.2, 0) is 6.61 Å². The molecule has 0 spiro atoms. The summed E-state index contributed by atoms with van der Waals surface area (Å²) < 4.78 is 0. The Labute approximate surface area is 84.2 Å². The van der Waals surface area contributed by atoms with E-state index < -0.39 is 5.60 Å². The van der Waals surface area contributed by atoms with Crippen LogP contribution in [0.5, 0.6) is 0 Å². The van der Waals surface area contributed by atoms with E-state index in [1.807, 2.05) is 24.3 Å². The Bertz CT molecular complexity index is 347. The van der Waals surface area contributed by atoms with Crippen LogP contribution in [0.1, 0.15) is 25.0 Å². The number of hydrogen-bond acceptors (Lipinski definition) is 2. The topological polar surface area (TPSA) is 40.5 Å². The van der Waals surface area contributed by atoms with Crippen molar-refractivity contribution in [2.75, 3.05) is 0 Å². The SMILES string of the molecule is CC(C)(O)C#Cc1ccc(CO)cc1. The molecule has 0 saturated heterocycles. The number of rotatable bonds is 1. The Morgan fingerprint density at radius 3 is 2.21 bits per heavy atom. The molecular weight excluding hydrogens is 176 g/mol. The van der Waals surface area contributed by atoms with E-state index in [0.717, 1.165) is 11.1 Å². The third-order valence-corrected chi connectivity index (χ3v) is 1.65. The highest BCUT2D eigenvalue weighted by molar-refractivity contribution is 5.37. The van der Waals surface area contributed by atoms with Crippen LogP contribution in [0.15, 0.2) is 24.3 Å². The van der Waals surface area contributed by atoms with Crippen molar-refractivity contribution in [1.82, 2.24) is 0 Å². The number of benzene rings is 1. The predicted molar refractivity (Wildman–Crippen MR) is 55.5 cm³/mol. The summed E-state index contributed by atoms with van der Waals surface area (Å²) in [5.41, 5.74) is 0.735. The highest BCUT2D eigenvalue weighted by Gasteiger charge is 2.05. The molecule has 2 heteroatoms. The largest absolute Gasteiger partial charge is 0.392 e. The summed E-state index contributed by atoms with van der Waals surface area (Å²) in [6.07, 6.45) is 0. The average Bonchev–Trinajstić information content (AvgIpc) is 2.14. The first kappa shape index (κ1) is 10.8. The summed E-state index contributed by atoms with van der Waals surface area (Å²) in [6.45, 7) is 3.32. The Balaban J connectivity index is 2.82. The average molecular weight is 190 g/mol. The highest BCUT2D eigenvalue weighted by Crippen LogP contribution is 2.04. The van der Waals surface area contributed by atoms with E-state index in [1.165, 1.54) is 0 Å². The van der Waals surface area contributed by atoms with Crippen LogP contribution in [0.25, 0.3) is 0 Å². The Morgan fingerprint density at radius 2 is 1.79 bits per heavy atom. The normalized spacial score (nSPS) is 10.6. The van der Waals surface area contributed by atoms with E-state index in [4.69, 9.17) is 5.11 Å². The zero-order valence-corrected chi connectivity index (χ0v) is 8.41. The van der Waals surface area contributed by atoms with Crippen molar-refractivity contribution in [2.24, 2.45) is 0 Å². The molecule has 0 radical (unpaired) electrons. The molecule has 0 aliphatic heterocycles. The van der Waals surface area contributed by atoms with Crippen molar-refractivity contribution in [3.05, 3.63) is 35.4 Å². The van der Waals surface area contributed by atoms with Gasteiger partial charge in [0.2, 0.25) is 0 Å². The van der Waals surface area contributed by atoms with Crippen LogP contribution in [-0.4, -0.2) is 15.8 Å². The molecule has 14 heavy (non-hydrogen) atoms. The molecule has 0 aliphatic carbocycles. The Hall–Kier alpha value is -1.30. The third kappa shape index (κ3) is 3.61. The van der Waals surface area contributed by atoms with Crippen molar-refractivity contribution in [3.8, 4) is 11.8 Å². The van der Waals surface area contributed by atoms with Crippen molar-refractivity contribution in [1.29, 1.82) is 0 Å². The lowest BCUT2D eigenvalue weighted by Gasteiger charge is -2.05. The van der Waals surface area contributed by atoms with E-state index in [-0.39, 0.29) is 6.61 Å². The lowest BCUT2D eigenvalue weighted by Crippen LogP contribution is -2.14. The van der Waals surface area contributed by atoms with Gasteiger partial charge in [-0.15, -0.1) is 0 Å². The molecule has 0 heterocycles. The van der Waals surface area contributed by atoms with Gasteiger partial charge in [-0.1, -0.05) is 24.0 Å². The van der Waals surface area contributed by atoms with Crippen molar-refractivity contribution in [2.45, 2.75) is 26.1 Å². The first-order valence-electron chi connectivity index (χ1n) is 4.46. The lowest BCUT2D eigenvalue weighted by molar-refractivity contribution is 0.143. The monoisotopic (exact) mass is 190 g/mol. The molecule has 2 nitrogen and oxygen atoms in total. The molecule has 0 bridgehead atoms. The molecule has 1 aromatic carbocycles. The van der Waals surface area contributed by atoms with Gasteiger partial charge in [0.15, 0.2) is 0 Å². The van der Waals surface area contributed by atoms with Gasteiger partial charge in [0.1, 0.15) is 5.60 Å². The van der Waals surface area contributed by atoms with Crippen LogP contribution in [0.2, 0.25) is 0 Å². The van der Waals surface area contributed by atoms with Crippen LogP contribution >= 0.6 is 0 Å². The molecule has 0 amide bonds. The van der Waals surface area contributed by atoms with Crippen LogP contribution < -0.4 is 0 Å². The van der Waals surface area contributed by atoms with Gasteiger partial charge in [0.05, 0.1) is 6.61 Å². The number of aliphatic hydroxyl groups excluding tert-OH is 1. The van der Waals surface area contributed by atoms with E-state index in [9.17, 15) is 5.11 Å². The van der Waals surface area contributed by atoms with Gasteiger partial charge in [-0.05, 0) is 31.5 Å². The van der Waals surface area contributed by atoms with Gasteiger partial charge in [-0.25, -0.2) is 0 Å². The van der Waals surface area contributed by atoms with Gasteiger partial charge in [0, 0.05) is 5.56 Å². The molecule has 0 aliphatic rings. The molecule has 74 valence electrons. The Morgan fingerprint density at radius 1 is 1.21 bits per heavy atom. The summed E-state index contributed by atoms with van der Waals surface area (Å²) >= 11 is 0. The van der Waals surface area contributed by atoms with E-state index in [2.05, 4.69) is 11.8 Å². The summed E-state index contributed by atoms with van der Waals surface area (Å²) in [5, 5.41) is 18.2. The molecule has 1 aromatic rings. The van der Waals surface area contributed by atoms with Crippen molar-refractivity contribution in [3.63, 3.8) is 0 Å². The van der Waals surface area contributed by atoms with Gasteiger partial charge in [-0.2, -0.15) is 0 Å². The molecule has 0 atom stereocenters. The minimum Gasteiger partial charge on any atom is -0.392 e. The maximum absolute atomic E-state index is 9.37. The van der Waals surface area contributed by atoms with E-state index in [1.54, 1.807) is 13.8 Å². The zero-order chi connectivity index (χ0) is 10.6. The van der Waals surface area contributed by atoms with Gasteiger partial charge < -0.3 is 10.2 Å². The maximum Gasteiger partial charge on any atom is 0.120 e. The van der Waals surface area contributed by atoms with Crippen LogP contribution in [0.3, 0.4) is 0 Å². The zero-order valence-electron chi connectivity index (χ0n) is 8.41. The van der Waals surface area contributed by atoms with Crippen molar-refractivity contribution < 1.29 is 10.2 Å². The number of hydrogen-bond donors (Lipinski definition) is 2. The first-order chi connectivity index (χ1) is 6.51. The standard InChI is InChI=1S/C12H14O2/c1-12(2,14)8-7-10-3-5-11(9-13)6-4-10/h3-6,13-14H,9H2,1-2H3. The molecule has 2 N–H and O–H groups in total. The van der Waals surface area contributed by atoms with E-state index >= 15 is 0 Å². The second kappa shape index (κ2) is 4.28. The summed E-state index contributed by atoms with van der Waals surface area (Å²) in [7, 11) is 0. The molecule has 0 aromatic heterocycles. The fraction of sp³-hybridized carbons (Fsp3) is 0.333. The first-order valence-corrected chi connectivity index (χ1v) is 4.46. The lowest BCUT2D eigenvalue weighted by atomic mass is 10.1. The fourth-order valence-electron chi connectivity index (χ4n) is 0.919. The minimum atomic E-state index is -0.963. The highest BCUT2D eigenvalue weighted by atomic mass is 16.3. The summed E-state index contributed by atoms with van der Waals surface area (Å²) in [4.78, 5) is 0. The second-order valence-electron chi connectivity index (χ2n) is 3.66. The quantitative estimate of drug-likeness (QED) is 0.655. The maximum atomic E-state index is 9.37. The smallest absolute Gasteiger partial charge is 0.120 e. The third-order valence-electron chi connectivity index (χ3n) is 1.65. The van der Waals surface area contributed by atoms with Crippen LogP contribution in [0.4, 0.5) is 0 Å². The molecule has 0 fully saturated rings. The number of aliphatic hydroxyl groups is 2. The molecule has 0 unspecified atom stereocenters. The fourth-order valence-corrected chi connectivity index (χ4v) is 0.919. The predicted octanol–water partition coefficient (Wildman–Crippen LogP) is 1.30. The van der Waals surface area contributed by atoms with Crippen molar-refractivity contribution >= 4 is 0 Å². The summed E-state index contributed by atoms with van der Waals surface area (Å²) in [6, 6.07) is 7.28. The molecule has 0 saturated carbocycles. The minimum absolute atomic E-state index is 0.0409. The molecule has 1 rings (SSSR count). The van der Waals surface area contributed by atoms with Crippen LogP contribution in [0, 0.1) is 11.8 Å². The van der Waals surface area contributed by atoms with E-state index in [0.29, 0.717) is 0 Å². The van der Waals surface area contributed by atoms with Gasteiger partial charge in [-0.3, -0.25) is 0 Å². The second-order valence-corrected chi connectivity index (χ2v) is 3.66. The Kier molecular flexibility index (Phi) is 3.29. The summed E-state index contributed by atoms with van der Waals surface area (Å²) in [5.74, 6) is 5.57. The van der Waals surface area contributed by atoms with Gasteiger partial charge >= 0.3 is 0 Å². The molecular formula is C12H14O2. The van der Waals surface area contributed by atoms with Gasteiger partial charge in [0.25, 0.3) is 0 Å².